The van der Waals surface area contributed by atoms with Crippen molar-refractivity contribution < 1.29 is 9.53 Å². The molecule has 1 aliphatic rings. The van der Waals surface area contributed by atoms with Gasteiger partial charge in [0.15, 0.2) is 0 Å². The minimum atomic E-state index is -0.470. The summed E-state index contributed by atoms with van der Waals surface area (Å²) in [4.78, 5) is 18.0. The number of aromatic amines is 1. The van der Waals surface area contributed by atoms with Gasteiger partial charge in [0.1, 0.15) is 5.60 Å². The standard InChI is InChI=1S/C24H28N2O2/c1-16-8-5-6-9-17(16)18-10-7-11-21-22(18)19-12-14-26(15-13-20(19)25-21)23(27)28-24(2,3)4/h5-11,25H,12-15H2,1-4H3. The fourth-order valence-electron chi connectivity index (χ4n) is 4.07. The number of ether oxygens (including phenoxy) is 1. The van der Waals surface area contributed by atoms with Crippen molar-refractivity contribution in [2.75, 3.05) is 13.1 Å². The van der Waals surface area contributed by atoms with Crippen molar-refractivity contribution >= 4 is 17.0 Å². The lowest BCUT2D eigenvalue weighted by molar-refractivity contribution is 0.0258. The second-order valence-electron chi connectivity index (χ2n) is 8.59. The predicted molar refractivity (Wildman–Crippen MR) is 114 cm³/mol. The number of H-pyrrole nitrogens is 1. The number of carbonyl (C=O) groups is 1. The first-order valence-corrected chi connectivity index (χ1v) is 10.00. The molecule has 3 aromatic rings. The molecule has 0 atom stereocenters. The van der Waals surface area contributed by atoms with E-state index in [4.69, 9.17) is 4.74 Å². The number of nitrogens with zero attached hydrogens (tertiary/aromatic N) is 1. The molecule has 1 aliphatic heterocycles. The maximum Gasteiger partial charge on any atom is 0.410 e. The Morgan fingerprint density at radius 1 is 1.00 bits per heavy atom. The summed E-state index contributed by atoms with van der Waals surface area (Å²) in [5.74, 6) is 0. The molecule has 4 heteroatoms. The maximum atomic E-state index is 12.5. The van der Waals surface area contributed by atoms with E-state index >= 15 is 0 Å². The summed E-state index contributed by atoms with van der Waals surface area (Å²) >= 11 is 0. The highest BCUT2D eigenvalue weighted by Gasteiger charge is 2.26. The number of aromatic nitrogens is 1. The van der Waals surface area contributed by atoms with Gasteiger partial charge in [-0.15, -0.1) is 0 Å². The minimum Gasteiger partial charge on any atom is -0.444 e. The van der Waals surface area contributed by atoms with Crippen LogP contribution in [0.4, 0.5) is 4.79 Å². The average Bonchev–Trinajstić information content (AvgIpc) is 2.85. The van der Waals surface area contributed by atoms with Gasteiger partial charge >= 0.3 is 6.09 Å². The predicted octanol–water partition coefficient (Wildman–Crippen LogP) is 5.48. The molecule has 0 saturated heterocycles. The highest BCUT2D eigenvalue weighted by Crippen LogP contribution is 2.36. The maximum absolute atomic E-state index is 12.5. The van der Waals surface area contributed by atoms with Crippen LogP contribution in [0, 0.1) is 6.92 Å². The highest BCUT2D eigenvalue weighted by atomic mass is 16.6. The van der Waals surface area contributed by atoms with Gasteiger partial charge in [-0.2, -0.15) is 0 Å². The Hall–Kier alpha value is -2.75. The van der Waals surface area contributed by atoms with Crippen LogP contribution in [0.3, 0.4) is 0 Å². The van der Waals surface area contributed by atoms with E-state index in [0.717, 1.165) is 12.8 Å². The normalized spacial score (nSPS) is 14.6. The number of fused-ring (bicyclic) bond motifs is 3. The largest absolute Gasteiger partial charge is 0.444 e. The molecule has 1 amide bonds. The van der Waals surface area contributed by atoms with Crippen molar-refractivity contribution in [1.82, 2.24) is 9.88 Å². The Bertz CT molecular complexity index is 1030. The van der Waals surface area contributed by atoms with E-state index in [9.17, 15) is 4.79 Å². The van der Waals surface area contributed by atoms with Crippen molar-refractivity contribution in [1.29, 1.82) is 0 Å². The Morgan fingerprint density at radius 3 is 2.46 bits per heavy atom. The van der Waals surface area contributed by atoms with E-state index in [0.29, 0.717) is 13.1 Å². The van der Waals surface area contributed by atoms with Crippen LogP contribution < -0.4 is 0 Å². The van der Waals surface area contributed by atoms with Gasteiger partial charge in [0.2, 0.25) is 0 Å². The molecule has 2 heterocycles. The van der Waals surface area contributed by atoms with E-state index in [1.165, 1.54) is 38.9 Å². The Morgan fingerprint density at radius 2 is 1.71 bits per heavy atom. The third-order valence-electron chi connectivity index (χ3n) is 5.37. The second-order valence-corrected chi connectivity index (χ2v) is 8.59. The van der Waals surface area contributed by atoms with Gasteiger partial charge < -0.3 is 14.6 Å². The molecule has 0 unspecified atom stereocenters. The quantitative estimate of drug-likeness (QED) is 0.611. The number of hydrogen-bond acceptors (Lipinski definition) is 2. The molecule has 1 aromatic heterocycles. The molecule has 0 radical (unpaired) electrons. The van der Waals surface area contributed by atoms with Crippen LogP contribution in [-0.2, 0) is 17.6 Å². The number of rotatable bonds is 1. The lowest BCUT2D eigenvalue weighted by atomic mass is 9.94. The zero-order valence-electron chi connectivity index (χ0n) is 17.1. The van der Waals surface area contributed by atoms with Crippen LogP contribution in [0.1, 0.15) is 37.6 Å². The van der Waals surface area contributed by atoms with Crippen molar-refractivity contribution in [3.63, 3.8) is 0 Å². The lowest BCUT2D eigenvalue weighted by Crippen LogP contribution is -2.38. The zero-order chi connectivity index (χ0) is 19.9. The molecular formula is C24H28N2O2. The van der Waals surface area contributed by atoms with Gasteiger partial charge in [0, 0.05) is 36.1 Å². The number of hydrogen-bond donors (Lipinski definition) is 1. The first-order chi connectivity index (χ1) is 13.3. The monoisotopic (exact) mass is 376 g/mol. The molecule has 146 valence electrons. The highest BCUT2D eigenvalue weighted by molar-refractivity contribution is 5.99. The number of nitrogens with one attached hydrogen (secondary N) is 1. The van der Waals surface area contributed by atoms with Gasteiger partial charge in [0.25, 0.3) is 0 Å². The van der Waals surface area contributed by atoms with Crippen molar-refractivity contribution in [3.05, 3.63) is 59.3 Å². The van der Waals surface area contributed by atoms with Crippen LogP contribution in [0.25, 0.3) is 22.0 Å². The Balaban J connectivity index is 1.71. The molecule has 0 bridgehead atoms. The Labute approximate surface area is 166 Å². The molecule has 28 heavy (non-hydrogen) atoms. The summed E-state index contributed by atoms with van der Waals surface area (Å²) in [5, 5.41) is 1.29. The topological polar surface area (TPSA) is 45.3 Å². The molecule has 0 spiro atoms. The second kappa shape index (κ2) is 7.01. The third-order valence-corrected chi connectivity index (χ3v) is 5.37. The Kier molecular flexibility index (Phi) is 4.66. The molecule has 0 saturated carbocycles. The molecule has 4 nitrogen and oxygen atoms in total. The minimum absolute atomic E-state index is 0.221. The number of benzene rings is 2. The van der Waals surface area contributed by atoms with E-state index in [1.54, 1.807) is 0 Å². The van der Waals surface area contributed by atoms with Crippen molar-refractivity contribution in [2.24, 2.45) is 0 Å². The van der Waals surface area contributed by atoms with E-state index in [-0.39, 0.29) is 6.09 Å². The molecular weight excluding hydrogens is 348 g/mol. The number of carbonyl (C=O) groups excluding carboxylic acids is 1. The van der Waals surface area contributed by atoms with E-state index in [1.807, 2.05) is 25.7 Å². The van der Waals surface area contributed by atoms with Crippen LogP contribution in [-0.4, -0.2) is 34.7 Å². The summed E-state index contributed by atoms with van der Waals surface area (Å²) in [6.07, 6.45) is 1.43. The van der Waals surface area contributed by atoms with Gasteiger partial charge in [-0.25, -0.2) is 4.79 Å². The van der Waals surface area contributed by atoms with Gasteiger partial charge in [-0.05, 0) is 62.4 Å². The number of aryl methyl sites for hydroxylation is 1. The molecule has 0 fully saturated rings. The van der Waals surface area contributed by atoms with E-state index in [2.05, 4.69) is 54.4 Å². The molecule has 1 N–H and O–H groups in total. The summed E-state index contributed by atoms with van der Waals surface area (Å²) in [6, 6.07) is 15.0. The smallest absolute Gasteiger partial charge is 0.410 e. The first kappa shape index (κ1) is 18.6. The van der Waals surface area contributed by atoms with Crippen LogP contribution in [0.15, 0.2) is 42.5 Å². The fraction of sp³-hybridized carbons (Fsp3) is 0.375. The molecule has 4 rings (SSSR count). The van der Waals surface area contributed by atoms with Crippen LogP contribution in [0.2, 0.25) is 0 Å². The zero-order valence-corrected chi connectivity index (χ0v) is 17.1. The summed E-state index contributed by atoms with van der Waals surface area (Å²) in [6.45, 7) is 9.24. The van der Waals surface area contributed by atoms with E-state index < -0.39 is 5.60 Å². The summed E-state index contributed by atoms with van der Waals surface area (Å²) < 4.78 is 5.58. The third kappa shape index (κ3) is 3.51. The van der Waals surface area contributed by atoms with Crippen LogP contribution in [0.5, 0.6) is 0 Å². The van der Waals surface area contributed by atoms with Crippen molar-refractivity contribution in [3.8, 4) is 11.1 Å². The lowest BCUT2D eigenvalue weighted by Gasteiger charge is -2.26. The summed E-state index contributed by atoms with van der Waals surface area (Å²) in [5.41, 5.74) is 7.08. The SMILES string of the molecule is Cc1ccccc1-c1cccc2[nH]c3c(c12)CCN(C(=O)OC(C)(C)C)CC3. The van der Waals surface area contributed by atoms with Gasteiger partial charge in [0.05, 0.1) is 0 Å². The fourth-order valence-corrected chi connectivity index (χ4v) is 4.07. The molecule has 2 aromatic carbocycles. The van der Waals surface area contributed by atoms with Crippen LogP contribution >= 0.6 is 0 Å². The van der Waals surface area contributed by atoms with Gasteiger partial charge in [-0.3, -0.25) is 0 Å². The van der Waals surface area contributed by atoms with Crippen molar-refractivity contribution in [2.45, 2.75) is 46.1 Å². The summed E-state index contributed by atoms with van der Waals surface area (Å²) in [7, 11) is 0. The number of amides is 1. The molecule has 0 aliphatic carbocycles. The van der Waals surface area contributed by atoms with Gasteiger partial charge in [-0.1, -0.05) is 36.4 Å². The first-order valence-electron chi connectivity index (χ1n) is 10.00. The average molecular weight is 377 g/mol.